The van der Waals surface area contributed by atoms with E-state index in [2.05, 4.69) is 20.7 Å². The second-order valence-corrected chi connectivity index (χ2v) is 7.54. The lowest BCUT2D eigenvalue weighted by Crippen LogP contribution is -2.38. The van der Waals surface area contributed by atoms with Crippen LogP contribution >= 0.6 is 11.5 Å². The number of piperidine rings is 1. The van der Waals surface area contributed by atoms with E-state index in [1.165, 1.54) is 23.7 Å². The molecule has 2 aliphatic rings. The molecule has 1 aromatic carbocycles. The summed E-state index contributed by atoms with van der Waals surface area (Å²) in [6, 6.07) is 6.33. The molecule has 1 saturated carbocycles. The van der Waals surface area contributed by atoms with E-state index in [4.69, 9.17) is 0 Å². The zero-order chi connectivity index (χ0) is 18.1. The highest BCUT2D eigenvalue weighted by molar-refractivity contribution is 7.04. The van der Waals surface area contributed by atoms with Crippen molar-refractivity contribution >= 4 is 28.8 Å². The van der Waals surface area contributed by atoms with Gasteiger partial charge in [-0.3, -0.25) is 4.79 Å². The van der Waals surface area contributed by atoms with Gasteiger partial charge in [-0.05, 0) is 55.4 Å². The molecule has 134 valence electrons. The Balaban J connectivity index is 1.38. The number of hydrogen-bond acceptors (Lipinski definition) is 5. The number of anilines is 2. The Morgan fingerprint density at radius 1 is 1.31 bits per heavy atom. The number of nitrogens with one attached hydrogen (secondary N) is 1. The van der Waals surface area contributed by atoms with Gasteiger partial charge in [-0.2, -0.15) is 9.64 Å². The minimum Gasteiger partial charge on any atom is -0.370 e. The zero-order valence-corrected chi connectivity index (χ0v) is 15.1. The number of hydrogen-bond donors (Lipinski definition) is 1. The normalized spacial score (nSPS) is 17.8. The molecule has 2 heterocycles. The van der Waals surface area contributed by atoms with Crippen LogP contribution in [0.25, 0.3) is 0 Å². The lowest BCUT2D eigenvalue weighted by Gasteiger charge is -2.33. The first-order chi connectivity index (χ1) is 12.7. The van der Waals surface area contributed by atoms with Gasteiger partial charge in [0.2, 0.25) is 5.91 Å². The highest BCUT2D eigenvalue weighted by Crippen LogP contribution is 2.43. The van der Waals surface area contributed by atoms with E-state index in [9.17, 15) is 14.4 Å². The van der Waals surface area contributed by atoms with Crippen molar-refractivity contribution < 1.29 is 9.18 Å². The predicted molar refractivity (Wildman–Crippen MR) is 98.8 cm³/mol. The van der Waals surface area contributed by atoms with Crippen LogP contribution in [-0.2, 0) is 4.79 Å². The number of nitriles is 1. The molecule has 4 rings (SSSR count). The fourth-order valence-electron chi connectivity index (χ4n) is 3.48. The van der Waals surface area contributed by atoms with Crippen molar-refractivity contribution in [3.05, 3.63) is 40.7 Å². The molecule has 1 N–H and O–H groups in total. The fourth-order valence-corrected chi connectivity index (χ4v) is 4.18. The van der Waals surface area contributed by atoms with E-state index in [-0.39, 0.29) is 11.8 Å². The van der Waals surface area contributed by atoms with Gasteiger partial charge in [0.15, 0.2) is 0 Å². The molecular weight excluding hydrogens is 351 g/mol. The van der Waals surface area contributed by atoms with Gasteiger partial charge in [0.25, 0.3) is 0 Å². The van der Waals surface area contributed by atoms with Crippen molar-refractivity contribution in [3.63, 3.8) is 0 Å². The van der Waals surface area contributed by atoms with Gasteiger partial charge in [-0.1, -0.05) is 0 Å². The number of nitrogens with zero attached hydrogens (tertiary/aromatic N) is 3. The Kier molecular flexibility index (Phi) is 4.60. The van der Waals surface area contributed by atoms with E-state index in [1.54, 1.807) is 6.07 Å². The average molecular weight is 370 g/mol. The molecular formula is C19H19FN4OS. The van der Waals surface area contributed by atoms with Crippen molar-refractivity contribution in [2.45, 2.75) is 31.6 Å². The van der Waals surface area contributed by atoms with Crippen LogP contribution in [0, 0.1) is 23.1 Å². The first-order valence-corrected chi connectivity index (χ1v) is 9.69. The molecule has 1 saturated heterocycles. The van der Waals surface area contributed by atoms with Gasteiger partial charge in [0.05, 0.1) is 22.6 Å². The minimum atomic E-state index is -0.407. The van der Waals surface area contributed by atoms with Crippen LogP contribution in [0.1, 0.15) is 42.9 Å². The maximum Gasteiger partial charge on any atom is 0.227 e. The Hall–Kier alpha value is -2.46. The molecule has 0 spiro atoms. The third kappa shape index (κ3) is 3.42. The van der Waals surface area contributed by atoms with Crippen LogP contribution in [-0.4, -0.2) is 23.4 Å². The van der Waals surface area contributed by atoms with Crippen molar-refractivity contribution in [1.29, 1.82) is 5.26 Å². The molecule has 7 heteroatoms. The molecule has 1 aliphatic carbocycles. The second kappa shape index (κ2) is 7.04. The van der Waals surface area contributed by atoms with Crippen LogP contribution in [0.5, 0.6) is 0 Å². The zero-order valence-electron chi connectivity index (χ0n) is 14.2. The molecule has 0 atom stereocenters. The summed E-state index contributed by atoms with van der Waals surface area (Å²) in [4.78, 5) is 14.7. The summed E-state index contributed by atoms with van der Waals surface area (Å²) in [6.07, 6.45) is 3.74. The highest BCUT2D eigenvalue weighted by Gasteiger charge is 2.31. The standard InChI is InChI=1S/C19H19FN4OS/c20-15-3-4-17(14(9-15)10-21)24-7-5-13(6-8-24)19(25)22-16-11-26-23-18(16)12-1-2-12/h3-4,9,11-13H,1-2,5-8H2,(H,22,25). The number of benzene rings is 1. The molecule has 2 fully saturated rings. The quantitative estimate of drug-likeness (QED) is 0.887. The molecule has 0 bridgehead atoms. The fraction of sp³-hybridized carbons (Fsp3) is 0.421. The van der Waals surface area contributed by atoms with E-state index >= 15 is 0 Å². The number of amides is 1. The Bertz CT molecular complexity index is 863. The molecule has 26 heavy (non-hydrogen) atoms. The summed E-state index contributed by atoms with van der Waals surface area (Å²) in [7, 11) is 0. The molecule has 1 aromatic heterocycles. The lowest BCUT2D eigenvalue weighted by molar-refractivity contribution is -0.120. The lowest BCUT2D eigenvalue weighted by atomic mass is 9.95. The second-order valence-electron chi connectivity index (χ2n) is 6.91. The van der Waals surface area contributed by atoms with Gasteiger partial charge in [-0.25, -0.2) is 4.39 Å². The van der Waals surface area contributed by atoms with Crippen LogP contribution in [0.3, 0.4) is 0 Å². The smallest absolute Gasteiger partial charge is 0.227 e. The molecule has 1 aliphatic heterocycles. The highest BCUT2D eigenvalue weighted by atomic mass is 32.1. The Morgan fingerprint density at radius 2 is 2.08 bits per heavy atom. The van der Waals surface area contributed by atoms with E-state index in [0.29, 0.717) is 37.4 Å². The first-order valence-electron chi connectivity index (χ1n) is 8.85. The summed E-state index contributed by atoms with van der Waals surface area (Å²) in [5.41, 5.74) is 2.98. The van der Waals surface area contributed by atoms with Gasteiger partial charge in [0, 0.05) is 30.3 Å². The summed E-state index contributed by atoms with van der Waals surface area (Å²) >= 11 is 1.39. The third-order valence-electron chi connectivity index (χ3n) is 5.10. The summed E-state index contributed by atoms with van der Waals surface area (Å²) in [6.45, 7) is 1.35. The number of aromatic nitrogens is 1. The summed E-state index contributed by atoms with van der Waals surface area (Å²) in [5.74, 6) is 0.104. The predicted octanol–water partition coefficient (Wildman–Crippen LogP) is 3.89. The van der Waals surface area contributed by atoms with Crippen molar-refractivity contribution in [3.8, 4) is 6.07 Å². The van der Waals surface area contributed by atoms with Crippen molar-refractivity contribution in [2.75, 3.05) is 23.3 Å². The third-order valence-corrected chi connectivity index (χ3v) is 5.75. The molecule has 1 amide bonds. The molecule has 2 aromatic rings. The van der Waals surface area contributed by atoms with Gasteiger partial charge >= 0.3 is 0 Å². The maximum atomic E-state index is 13.3. The van der Waals surface area contributed by atoms with Gasteiger partial charge in [-0.15, -0.1) is 0 Å². The largest absolute Gasteiger partial charge is 0.370 e. The number of rotatable bonds is 4. The van der Waals surface area contributed by atoms with Crippen LogP contribution in [0.15, 0.2) is 23.6 Å². The van der Waals surface area contributed by atoms with Crippen LogP contribution in [0.2, 0.25) is 0 Å². The van der Waals surface area contributed by atoms with Crippen LogP contribution in [0.4, 0.5) is 15.8 Å². The Morgan fingerprint density at radius 3 is 2.77 bits per heavy atom. The SMILES string of the molecule is N#Cc1cc(F)ccc1N1CCC(C(=O)Nc2csnc2C2CC2)CC1. The van der Waals surface area contributed by atoms with E-state index < -0.39 is 5.82 Å². The minimum absolute atomic E-state index is 0.0476. The molecule has 5 nitrogen and oxygen atoms in total. The number of carbonyl (C=O) groups excluding carboxylic acids is 1. The maximum absolute atomic E-state index is 13.3. The number of carbonyl (C=O) groups is 1. The Labute approximate surface area is 155 Å². The molecule has 0 radical (unpaired) electrons. The number of halogens is 1. The van der Waals surface area contributed by atoms with Crippen molar-refractivity contribution in [1.82, 2.24) is 4.37 Å². The topological polar surface area (TPSA) is 69.0 Å². The summed E-state index contributed by atoms with van der Waals surface area (Å²) in [5, 5.41) is 14.2. The molecule has 0 unspecified atom stereocenters. The van der Waals surface area contributed by atoms with Gasteiger partial charge < -0.3 is 10.2 Å². The van der Waals surface area contributed by atoms with E-state index in [1.807, 2.05) is 5.38 Å². The average Bonchev–Trinajstić information content (AvgIpc) is 3.41. The first kappa shape index (κ1) is 17.0. The van der Waals surface area contributed by atoms with Crippen LogP contribution < -0.4 is 10.2 Å². The monoisotopic (exact) mass is 370 g/mol. The summed E-state index contributed by atoms with van der Waals surface area (Å²) < 4.78 is 17.7. The van der Waals surface area contributed by atoms with Gasteiger partial charge in [0.1, 0.15) is 11.9 Å². The van der Waals surface area contributed by atoms with E-state index in [0.717, 1.165) is 29.9 Å². The van der Waals surface area contributed by atoms with Crippen molar-refractivity contribution in [2.24, 2.45) is 5.92 Å².